The van der Waals surface area contributed by atoms with Crippen LogP contribution in [-0.2, 0) is 16.2 Å². The van der Waals surface area contributed by atoms with E-state index in [1.165, 1.54) is 12.8 Å². The Morgan fingerprint density at radius 2 is 1.62 bits per heavy atom. The van der Waals surface area contributed by atoms with Gasteiger partial charge in [-0.15, -0.1) is 0 Å². The van der Waals surface area contributed by atoms with E-state index in [2.05, 4.69) is 5.16 Å². The second-order valence-electron chi connectivity index (χ2n) is 8.71. The van der Waals surface area contributed by atoms with Crippen LogP contribution in [0.3, 0.4) is 0 Å². The van der Waals surface area contributed by atoms with Crippen LogP contribution in [0.5, 0.6) is 11.5 Å². The highest BCUT2D eigenvalue weighted by atomic mass is 16.6. The Kier molecular flexibility index (Phi) is 6.98. The number of hydrogen-bond acceptors (Lipinski definition) is 5. The highest BCUT2D eigenvalue weighted by Crippen LogP contribution is 2.53. The third-order valence-corrected chi connectivity index (χ3v) is 6.58. The van der Waals surface area contributed by atoms with Gasteiger partial charge in [0.1, 0.15) is 18.1 Å². The van der Waals surface area contributed by atoms with Gasteiger partial charge in [0.05, 0.1) is 12.8 Å². The summed E-state index contributed by atoms with van der Waals surface area (Å²) in [7, 11) is 1.65. The van der Waals surface area contributed by atoms with Crippen LogP contribution in [0.2, 0.25) is 0 Å². The van der Waals surface area contributed by atoms with Crippen molar-refractivity contribution in [3.8, 4) is 11.5 Å². The van der Waals surface area contributed by atoms with Crippen molar-refractivity contribution in [3.63, 3.8) is 0 Å². The van der Waals surface area contributed by atoms with Crippen molar-refractivity contribution in [3.05, 3.63) is 59.7 Å². The highest BCUT2D eigenvalue weighted by molar-refractivity contribution is 6.00. The van der Waals surface area contributed by atoms with Gasteiger partial charge in [-0.05, 0) is 85.0 Å². The Labute approximate surface area is 190 Å². The molecular formula is C26H32N2O4. The van der Waals surface area contributed by atoms with Gasteiger partial charge in [0.25, 0.3) is 5.91 Å². The summed E-state index contributed by atoms with van der Waals surface area (Å²) in [5.41, 5.74) is 3.44. The van der Waals surface area contributed by atoms with E-state index in [0.29, 0.717) is 17.8 Å². The number of rotatable bonds is 9. The van der Waals surface area contributed by atoms with Crippen LogP contribution in [0, 0.1) is 5.41 Å². The number of carbonyl (C=O) groups is 1. The van der Waals surface area contributed by atoms with Gasteiger partial charge in [-0.1, -0.05) is 24.2 Å². The predicted octanol–water partition coefficient (Wildman–Crippen LogP) is 4.81. The van der Waals surface area contributed by atoms with E-state index < -0.39 is 0 Å². The van der Waals surface area contributed by atoms with E-state index in [1.807, 2.05) is 60.4 Å². The van der Waals surface area contributed by atoms with Crippen LogP contribution in [0.4, 0.5) is 0 Å². The molecule has 1 spiro atoms. The number of nitrogens with zero attached hydrogens (tertiary/aromatic N) is 2. The number of likely N-dealkylation sites (tertiary alicyclic amines) is 1. The molecule has 2 aromatic carbocycles. The van der Waals surface area contributed by atoms with Crippen molar-refractivity contribution >= 4 is 11.6 Å². The molecule has 0 radical (unpaired) electrons. The summed E-state index contributed by atoms with van der Waals surface area (Å²) in [6.07, 6.45) is 5.72. The lowest BCUT2D eigenvalue weighted by Crippen LogP contribution is -2.41. The topological polar surface area (TPSA) is 60.4 Å². The van der Waals surface area contributed by atoms with Crippen LogP contribution >= 0.6 is 0 Å². The number of hydrogen-bond donors (Lipinski definition) is 0. The van der Waals surface area contributed by atoms with Gasteiger partial charge in [-0.25, -0.2) is 0 Å². The zero-order valence-electron chi connectivity index (χ0n) is 19.0. The molecule has 0 bridgehead atoms. The lowest BCUT2D eigenvalue weighted by Gasteiger charge is -2.32. The zero-order chi connectivity index (χ0) is 22.4. The third-order valence-electron chi connectivity index (χ3n) is 6.58. The van der Waals surface area contributed by atoms with Crippen LogP contribution in [-0.4, -0.2) is 43.3 Å². The summed E-state index contributed by atoms with van der Waals surface area (Å²) in [4.78, 5) is 20.0. The summed E-state index contributed by atoms with van der Waals surface area (Å²) in [6.45, 7) is 4.27. The van der Waals surface area contributed by atoms with Crippen molar-refractivity contribution < 1.29 is 19.1 Å². The maximum Gasteiger partial charge on any atom is 0.260 e. The first-order valence-electron chi connectivity index (χ1n) is 11.4. The quantitative estimate of drug-likeness (QED) is 0.418. The molecule has 0 unspecified atom stereocenters. The minimum absolute atomic E-state index is 0.0762. The normalized spacial score (nSPS) is 17.2. The minimum Gasteiger partial charge on any atom is -0.497 e. The Balaban J connectivity index is 1.25. The SMILES string of the molecule is CC/C(=N\OCc1ccc(OC)cc1)c1ccc(OCC(=O)N2CCC3(CC2)CC3)cc1. The van der Waals surface area contributed by atoms with Gasteiger partial charge in [-0.2, -0.15) is 0 Å². The molecule has 6 nitrogen and oxygen atoms in total. The van der Waals surface area contributed by atoms with Gasteiger partial charge in [-0.3, -0.25) is 4.79 Å². The van der Waals surface area contributed by atoms with Gasteiger partial charge in [0, 0.05) is 13.1 Å². The second-order valence-corrected chi connectivity index (χ2v) is 8.71. The molecule has 170 valence electrons. The monoisotopic (exact) mass is 436 g/mol. The molecule has 4 rings (SSSR count). The number of methoxy groups -OCH3 is 1. The number of oxime groups is 1. The van der Waals surface area contributed by atoms with E-state index in [-0.39, 0.29) is 12.5 Å². The average Bonchev–Trinajstić information content (AvgIpc) is 3.60. The molecule has 0 atom stereocenters. The van der Waals surface area contributed by atoms with Gasteiger partial charge in [0.2, 0.25) is 0 Å². The van der Waals surface area contributed by atoms with Crippen LogP contribution in [0.15, 0.2) is 53.7 Å². The van der Waals surface area contributed by atoms with Crippen molar-refractivity contribution in [1.82, 2.24) is 4.90 Å². The summed E-state index contributed by atoms with van der Waals surface area (Å²) < 4.78 is 10.9. The van der Waals surface area contributed by atoms with Crippen LogP contribution in [0.1, 0.15) is 50.2 Å². The van der Waals surface area contributed by atoms with E-state index >= 15 is 0 Å². The minimum atomic E-state index is 0.0762. The molecule has 1 amide bonds. The summed E-state index contributed by atoms with van der Waals surface area (Å²) in [5.74, 6) is 1.58. The molecule has 2 fully saturated rings. The van der Waals surface area contributed by atoms with Crippen LogP contribution in [0.25, 0.3) is 0 Å². The maximum absolute atomic E-state index is 12.5. The molecule has 1 saturated carbocycles. The standard InChI is InChI=1S/C26H32N2O4/c1-3-24(27-32-18-20-4-8-22(30-2)9-5-20)21-6-10-23(11-7-21)31-19-25(29)28-16-14-26(12-13-26)15-17-28/h4-11H,3,12-19H2,1-2H3/b27-24+. The molecule has 1 saturated heterocycles. The zero-order valence-corrected chi connectivity index (χ0v) is 19.0. The Hall–Kier alpha value is -3.02. The van der Waals surface area contributed by atoms with Crippen LogP contribution < -0.4 is 9.47 Å². The molecular weight excluding hydrogens is 404 g/mol. The Bertz CT molecular complexity index is 923. The fourth-order valence-electron chi connectivity index (χ4n) is 4.12. The molecule has 1 aliphatic carbocycles. The largest absolute Gasteiger partial charge is 0.497 e. The molecule has 6 heteroatoms. The lowest BCUT2D eigenvalue weighted by atomic mass is 9.94. The highest BCUT2D eigenvalue weighted by Gasteiger charge is 2.45. The molecule has 2 aliphatic rings. The first-order chi connectivity index (χ1) is 15.6. The fraction of sp³-hybridized carbons (Fsp3) is 0.462. The number of piperidine rings is 1. The van der Waals surface area contributed by atoms with Gasteiger partial charge >= 0.3 is 0 Å². The first kappa shape index (κ1) is 22.2. The molecule has 0 aromatic heterocycles. The van der Waals surface area contributed by atoms with Gasteiger partial charge in [0.15, 0.2) is 6.61 Å². The molecule has 32 heavy (non-hydrogen) atoms. The van der Waals surface area contributed by atoms with E-state index in [4.69, 9.17) is 14.3 Å². The maximum atomic E-state index is 12.5. The lowest BCUT2D eigenvalue weighted by molar-refractivity contribution is -0.134. The first-order valence-corrected chi connectivity index (χ1v) is 11.4. The second kappa shape index (κ2) is 10.1. The third kappa shape index (κ3) is 5.61. The van der Waals surface area contributed by atoms with E-state index in [9.17, 15) is 4.79 Å². The fourth-order valence-corrected chi connectivity index (χ4v) is 4.12. The van der Waals surface area contributed by atoms with Crippen molar-refractivity contribution in [2.75, 3.05) is 26.8 Å². The number of carbonyl (C=O) groups excluding carboxylic acids is 1. The number of amides is 1. The van der Waals surface area contributed by atoms with E-state index in [1.54, 1.807) is 7.11 Å². The average molecular weight is 437 g/mol. The predicted molar refractivity (Wildman–Crippen MR) is 124 cm³/mol. The molecule has 2 aromatic rings. The van der Waals surface area contributed by atoms with Crippen molar-refractivity contribution in [2.24, 2.45) is 10.6 Å². The number of ether oxygens (including phenoxy) is 2. The van der Waals surface area contributed by atoms with Crippen molar-refractivity contribution in [2.45, 2.75) is 45.6 Å². The molecule has 1 aliphatic heterocycles. The Morgan fingerprint density at radius 3 is 2.22 bits per heavy atom. The van der Waals surface area contributed by atoms with E-state index in [0.717, 1.165) is 54.9 Å². The smallest absolute Gasteiger partial charge is 0.260 e. The van der Waals surface area contributed by atoms with Crippen molar-refractivity contribution in [1.29, 1.82) is 0 Å². The summed E-state index contributed by atoms with van der Waals surface area (Å²) in [6, 6.07) is 15.4. The summed E-state index contributed by atoms with van der Waals surface area (Å²) in [5, 5.41) is 4.32. The molecule has 1 heterocycles. The molecule has 0 N–H and O–H groups in total. The van der Waals surface area contributed by atoms with Gasteiger partial charge < -0.3 is 19.2 Å². The Morgan fingerprint density at radius 1 is 0.969 bits per heavy atom. The number of benzene rings is 2. The summed E-state index contributed by atoms with van der Waals surface area (Å²) >= 11 is 0.